The Morgan fingerprint density at radius 1 is 0.560 bits per heavy atom. The van der Waals surface area contributed by atoms with Crippen molar-refractivity contribution in [3.8, 4) is 0 Å². The maximum absolute atomic E-state index is 9.17. The molecule has 4 nitrogen and oxygen atoms in total. The standard InChI is InChI=1S/C21H26N2O2/c24-22-20(18-12-6-4-7-13-18)16-10-2-1-3-11-17-21(23-25)19-14-8-5-9-15-19/h4-9,12-15,24-25H,1-3,10-11,16-17H2/b22-20-,23-21+. The second-order valence-electron chi connectivity index (χ2n) is 6.09. The summed E-state index contributed by atoms with van der Waals surface area (Å²) in [5.74, 6) is 0. The third-order valence-corrected chi connectivity index (χ3v) is 4.28. The molecule has 0 saturated heterocycles. The SMILES string of the molecule is O/N=C(/CCCCCCC/C(=N\O)c1ccccc1)c1ccccc1. The molecule has 2 aromatic carbocycles. The van der Waals surface area contributed by atoms with Crippen molar-refractivity contribution >= 4 is 11.4 Å². The first-order chi connectivity index (χ1) is 12.3. The van der Waals surface area contributed by atoms with Crippen LogP contribution in [0.2, 0.25) is 0 Å². The van der Waals surface area contributed by atoms with E-state index in [1.165, 1.54) is 0 Å². The van der Waals surface area contributed by atoms with E-state index in [9.17, 15) is 0 Å². The lowest BCUT2D eigenvalue weighted by molar-refractivity contribution is 0.317. The molecule has 0 aromatic heterocycles. The van der Waals surface area contributed by atoms with Gasteiger partial charge in [-0.3, -0.25) is 0 Å². The number of nitrogens with zero attached hydrogens (tertiary/aromatic N) is 2. The van der Waals surface area contributed by atoms with Crippen LogP contribution in [0, 0.1) is 0 Å². The molecule has 0 aliphatic heterocycles. The molecule has 0 bridgehead atoms. The van der Waals surface area contributed by atoms with Gasteiger partial charge in [0.25, 0.3) is 0 Å². The molecule has 25 heavy (non-hydrogen) atoms. The highest BCUT2D eigenvalue weighted by Crippen LogP contribution is 2.13. The zero-order chi connectivity index (χ0) is 17.7. The van der Waals surface area contributed by atoms with Crippen molar-refractivity contribution in [2.45, 2.75) is 44.9 Å². The quantitative estimate of drug-likeness (QED) is 0.261. The van der Waals surface area contributed by atoms with E-state index in [1.807, 2.05) is 60.7 Å². The summed E-state index contributed by atoms with van der Waals surface area (Å²) >= 11 is 0. The number of unbranched alkanes of at least 4 members (excludes halogenated alkanes) is 4. The fourth-order valence-corrected chi connectivity index (χ4v) is 2.88. The van der Waals surface area contributed by atoms with Gasteiger partial charge in [0, 0.05) is 0 Å². The van der Waals surface area contributed by atoms with E-state index in [1.54, 1.807) is 0 Å². The molecule has 132 valence electrons. The molecule has 0 aliphatic carbocycles. The Kier molecular flexibility index (Phi) is 8.25. The minimum absolute atomic E-state index is 0.749. The lowest BCUT2D eigenvalue weighted by atomic mass is 10.0. The van der Waals surface area contributed by atoms with E-state index < -0.39 is 0 Å². The molecule has 2 rings (SSSR count). The highest BCUT2D eigenvalue weighted by Gasteiger charge is 2.05. The maximum Gasteiger partial charge on any atom is 0.0867 e. The molecular formula is C21H26N2O2. The smallest absolute Gasteiger partial charge is 0.0867 e. The monoisotopic (exact) mass is 338 g/mol. The second-order valence-corrected chi connectivity index (χ2v) is 6.09. The van der Waals surface area contributed by atoms with Gasteiger partial charge in [0.05, 0.1) is 11.4 Å². The molecule has 0 atom stereocenters. The van der Waals surface area contributed by atoms with Gasteiger partial charge in [0.2, 0.25) is 0 Å². The number of hydrogen-bond donors (Lipinski definition) is 2. The zero-order valence-electron chi connectivity index (χ0n) is 14.5. The van der Waals surface area contributed by atoms with Gasteiger partial charge in [-0.05, 0) is 36.8 Å². The van der Waals surface area contributed by atoms with E-state index in [0.717, 1.165) is 67.5 Å². The van der Waals surface area contributed by atoms with Crippen LogP contribution in [0.25, 0.3) is 0 Å². The summed E-state index contributed by atoms with van der Waals surface area (Å²) in [6.45, 7) is 0. The fraction of sp³-hybridized carbons (Fsp3) is 0.333. The predicted octanol–water partition coefficient (Wildman–Crippen LogP) is 5.47. The molecule has 0 fully saturated rings. The number of rotatable bonds is 10. The zero-order valence-corrected chi connectivity index (χ0v) is 14.5. The van der Waals surface area contributed by atoms with E-state index in [0.29, 0.717) is 0 Å². The molecule has 0 aliphatic rings. The van der Waals surface area contributed by atoms with Gasteiger partial charge in [0.1, 0.15) is 0 Å². The van der Waals surface area contributed by atoms with Crippen molar-refractivity contribution < 1.29 is 10.4 Å². The molecule has 2 N–H and O–H groups in total. The van der Waals surface area contributed by atoms with Gasteiger partial charge >= 0.3 is 0 Å². The Morgan fingerprint density at radius 2 is 0.920 bits per heavy atom. The van der Waals surface area contributed by atoms with Crippen LogP contribution in [0.1, 0.15) is 56.1 Å². The minimum Gasteiger partial charge on any atom is -0.411 e. The summed E-state index contributed by atoms with van der Waals surface area (Å²) in [6.07, 6.45) is 6.91. The lowest BCUT2D eigenvalue weighted by Crippen LogP contribution is -2.01. The molecule has 0 radical (unpaired) electrons. The van der Waals surface area contributed by atoms with Crippen molar-refractivity contribution in [3.05, 3.63) is 71.8 Å². The van der Waals surface area contributed by atoms with Crippen LogP contribution in [-0.4, -0.2) is 21.8 Å². The first-order valence-electron chi connectivity index (χ1n) is 8.88. The van der Waals surface area contributed by atoms with Gasteiger partial charge in [-0.15, -0.1) is 0 Å². The Hall–Kier alpha value is -2.62. The average Bonchev–Trinajstić information content (AvgIpc) is 2.68. The van der Waals surface area contributed by atoms with Crippen LogP contribution in [-0.2, 0) is 0 Å². The Labute approximate surface area is 149 Å². The van der Waals surface area contributed by atoms with Crippen LogP contribution in [0.3, 0.4) is 0 Å². The molecular weight excluding hydrogens is 312 g/mol. The Bertz CT molecular complexity index is 607. The summed E-state index contributed by atoms with van der Waals surface area (Å²) in [6, 6.07) is 19.6. The predicted molar refractivity (Wildman–Crippen MR) is 102 cm³/mol. The van der Waals surface area contributed by atoms with Crippen LogP contribution >= 0.6 is 0 Å². The largest absolute Gasteiger partial charge is 0.411 e. The van der Waals surface area contributed by atoms with Crippen molar-refractivity contribution in [1.29, 1.82) is 0 Å². The van der Waals surface area contributed by atoms with E-state index in [4.69, 9.17) is 10.4 Å². The molecule has 0 spiro atoms. The lowest BCUT2D eigenvalue weighted by Gasteiger charge is -2.06. The van der Waals surface area contributed by atoms with E-state index in [-0.39, 0.29) is 0 Å². The molecule has 4 heteroatoms. The first kappa shape index (κ1) is 18.7. The van der Waals surface area contributed by atoms with Crippen molar-refractivity contribution in [1.82, 2.24) is 0 Å². The summed E-state index contributed by atoms with van der Waals surface area (Å²) in [5, 5.41) is 25.2. The molecule has 0 heterocycles. The van der Waals surface area contributed by atoms with Gasteiger partial charge in [0.15, 0.2) is 0 Å². The molecule has 0 amide bonds. The Balaban J connectivity index is 1.62. The summed E-state index contributed by atoms with van der Waals surface area (Å²) < 4.78 is 0. The van der Waals surface area contributed by atoms with Gasteiger partial charge in [-0.25, -0.2) is 0 Å². The van der Waals surface area contributed by atoms with Crippen LogP contribution in [0.5, 0.6) is 0 Å². The number of oxime groups is 2. The van der Waals surface area contributed by atoms with Crippen LogP contribution in [0.15, 0.2) is 71.0 Å². The molecule has 0 saturated carbocycles. The summed E-state index contributed by atoms with van der Waals surface area (Å²) in [5.41, 5.74) is 3.46. The van der Waals surface area contributed by atoms with E-state index in [2.05, 4.69) is 10.3 Å². The maximum atomic E-state index is 9.17. The summed E-state index contributed by atoms with van der Waals surface area (Å²) in [7, 11) is 0. The van der Waals surface area contributed by atoms with Gasteiger partial charge < -0.3 is 10.4 Å². The van der Waals surface area contributed by atoms with Crippen LogP contribution < -0.4 is 0 Å². The van der Waals surface area contributed by atoms with Crippen LogP contribution in [0.4, 0.5) is 0 Å². The third kappa shape index (κ3) is 6.42. The van der Waals surface area contributed by atoms with Crippen molar-refractivity contribution in [2.24, 2.45) is 10.3 Å². The first-order valence-corrected chi connectivity index (χ1v) is 8.88. The fourth-order valence-electron chi connectivity index (χ4n) is 2.88. The topological polar surface area (TPSA) is 65.2 Å². The average molecular weight is 338 g/mol. The molecule has 2 aromatic rings. The second kappa shape index (κ2) is 11.0. The van der Waals surface area contributed by atoms with Crippen molar-refractivity contribution in [3.63, 3.8) is 0 Å². The summed E-state index contributed by atoms with van der Waals surface area (Å²) in [4.78, 5) is 0. The molecule has 0 unspecified atom stereocenters. The van der Waals surface area contributed by atoms with E-state index >= 15 is 0 Å². The van der Waals surface area contributed by atoms with Crippen molar-refractivity contribution in [2.75, 3.05) is 0 Å². The highest BCUT2D eigenvalue weighted by molar-refractivity contribution is 6.00. The minimum atomic E-state index is 0.749. The number of benzene rings is 2. The highest BCUT2D eigenvalue weighted by atomic mass is 16.4. The third-order valence-electron chi connectivity index (χ3n) is 4.28. The number of hydrogen-bond acceptors (Lipinski definition) is 4. The van der Waals surface area contributed by atoms with Gasteiger partial charge in [-0.2, -0.15) is 0 Å². The normalized spacial score (nSPS) is 12.3. The van der Waals surface area contributed by atoms with Gasteiger partial charge in [-0.1, -0.05) is 90.2 Å². The Morgan fingerprint density at radius 3 is 1.28 bits per heavy atom.